The van der Waals surface area contributed by atoms with Gasteiger partial charge in [0.25, 0.3) is 0 Å². The Bertz CT molecular complexity index is 338. The van der Waals surface area contributed by atoms with Gasteiger partial charge >= 0.3 is 0 Å². The smallest absolute Gasteiger partial charge is 0.0996 e. The highest BCUT2D eigenvalue weighted by Gasteiger charge is 2.29. The summed E-state index contributed by atoms with van der Waals surface area (Å²) < 4.78 is 5.64. The molecule has 3 rings (SSSR count). The van der Waals surface area contributed by atoms with Gasteiger partial charge in [-0.3, -0.25) is 4.99 Å². The van der Waals surface area contributed by atoms with Gasteiger partial charge in [-0.1, -0.05) is 0 Å². The molecule has 3 aliphatic rings. The van der Waals surface area contributed by atoms with Crippen LogP contribution in [-0.2, 0) is 4.74 Å². The number of nitrogens with zero attached hydrogens (tertiary/aromatic N) is 1. The SMILES string of the molecule is C1=NCCC2CCC3=C(CCO3)C2=C1. The predicted molar refractivity (Wildman–Crippen MR) is 56.4 cm³/mol. The van der Waals surface area contributed by atoms with Crippen molar-refractivity contribution in [1.29, 1.82) is 0 Å². The Morgan fingerprint density at radius 2 is 2.29 bits per heavy atom. The number of aliphatic imine (C=N–C) groups is 1. The van der Waals surface area contributed by atoms with Gasteiger partial charge < -0.3 is 4.74 Å². The third-order valence-electron chi connectivity index (χ3n) is 3.44. The van der Waals surface area contributed by atoms with Crippen LogP contribution < -0.4 is 0 Å². The molecule has 2 heteroatoms. The van der Waals surface area contributed by atoms with Crippen LogP contribution in [0.2, 0.25) is 0 Å². The van der Waals surface area contributed by atoms with Crippen molar-refractivity contribution in [2.45, 2.75) is 25.7 Å². The molecule has 0 aromatic rings. The van der Waals surface area contributed by atoms with Crippen LogP contribution in [0.25, 0.3) is 0 Å². The fraction of sp³-hybridized carbons (Fsp3) is 0.583. The van der Waals surface area contributed by atoms with Crippen molar-refractivity contribution in [3.63, 3.8) is 0 Å². The third kappa shape index (κ3) is 1.21. The lowest BCUT2D eigenvalue weighted by Crippen LogP contribution is -2.12. The summed E-state index contributed by atoms with van der Waals surface area (Å²) in [4.78, 5) is 4.34. The Hall–Kier alpha value is -1.05. The Balaban J connectivity index is 2.00. The average Bonchev–Trinajstić information content (AvgIpc) is 2.55. The Kier molecular flexibility index (Phi) is 1.93. The molecule has 0 spiro atoms. The van der Waals surface area contributed by atoms with Crippen LogP contribution in [-0.4, -0.2) is 19.4 Å². The molecule has 74 valence electrons. The van der Waals surface area contributed by atoms with Crippen molar-refractivity contribution in [1.82, 2.24) is 0 Å². The van der Waals surface area contributed by atoms with E-state index < -0.39 is 0 Å². The molecule has 0 saturated heterocycles. The fourth-order valence-electron chi connectivity index (χ4n) is 2.71. The maximum atomic E-state index is 5.64. The zero-order valence-electron chi connectivity index (χ0n) is 8.33. The maximum Gasteiger partial charge on any atom is 0.0996 e. The molecule has 14 heavy (non-hydrogen) atoms. The van der Waals surface area contributed by atoms with Crippen LogP contribution in [0.5, 0.6) is 0 Å². The first-order valence-corrected chi connectivity index (χ1v) is 5.50. The number of allylic oxidation sites excluding steroid dienone is 3. The van der Waals surface area contributed by atoms with Crippen molar-refractivity contribution in [2.75, 3.05) is 13.2 Å². The lowest BCUT2D eigenvalue weighted by molar-refractivity contribution is 0.228. The molecule has 0 aromatic heterocycles. The highest BCUT2D eigenvalue weighted by atomic mass is 16.5. The molecule has 1 unspecified atom stereocenters. The van der Waals surface area contributed by atoms with Crippen LogP contribution >= 0.6 is 0 Å². The molecule has 2 heterocycles. The Morgan fingerprint density at radius 3 is 3.29 bits per heavy atom. The first kappa shape index (κ1) is 8.27. The highest BCUT2D eigenvalue weighted by molar-refractivity contribution is 5.74. The molecule has 0 saturated carbocycles. The van der Waals surface area contributed by atoms with Gasteiger partial charge in [-0.15, -0.1) is 0 Å². The van der Waals surface area contributed by atoms with Crippen LogP contribution in [0.1, 0.15) is 25.7 Å². The summed E-state index contributed by atoms with van der Waals surface area (Å²) in [5, 5.41) is 0. The number of hydrogen-bond donors (Lipinski definition) is 0. The Labute approximate surface area is 84.4 Å². The molecule has 0 N–H and O–H groups in total. The van der Waals surface area contributed by atoms with E-state index in [2.05, 4.69) is 11.1 Å². The van der Waals surface area contributed by atoms with Gasteiger partial charge in [-0.05, 0) is 36.0 Å². The summed E-state index contributed by atoms with van der Waals surface area (Å²) >= 11 is 0. The van der Waals surface area contributed by atoms with Crippen molar-refractivity contribution >= 4 is 6.21 Å². The lowest BCUT2D eigenvalue weighted by atomic mass is 9.80. The molecule has 0 aromatic carbocycles. The monoisotopic (exact) mass is 189 g/mol. The number of fused-ring (bicyclic) bond motifs is 2. The normalized spacial score (nSPS) is 30.3. The standard InChI is InChI=1S/C12H15NO/c1-2-12-11(5-8-14-12)10-4-7-13-6-3-9(1)10/h4,7,9H,1-3,5-6,8H2. The van der Waals surface area contributed by atoms with E-state index in [-0.39, 0.29) is 0 Å². The number of hydrogen-bond acceptors (Lipinski definition) is 2. The van der Waals surface area contributed by atoms with Crippen molar-refractivity contribution in [3.05, 3.63) is 23.0 Å². The quantitative estimate of drug-likeness (QED) is 0.573. The van der Waals surface area contributed by atoms with E-state index in [0.717, 1.165) is 31.9 Å². The number of ether oxygens (including phenoxy) is 1. The van der Waals surface area contributed by atoms with E-state index >= 15 is 0 Å². The van der Waals surface area contributed by atoms with E-state index in [1.807, 2.05) is 6.21 Å². The summed E-state index contributed by atoms with van der Waals surface area (Å²) in [6.45, 7) is 1.89. The van der Waals surface area contributed by atoms with Gasteiger partial charge in [-0.25, -0.2) is 0 Å². The van der Waals surface area contributed by atoms with Gasteiger partial charge in [0, 0.05) is 25.6 Å². The topological polar surface area (TPSA) is 21.6 Å². The lowest BCUT2D eigenvalue weighted by Gasteiger charge is -2.24. The first-order chi connectivity index (χ1) is 6.95. The van der Waals surface area contributed by atoms with Crippen molar-refractivity contribution in [3.8, 4) is 0 Å². The van der Waals surface area contributed by atoms with Crippen molar-refractivity contribution in [2.24, 2.45) is 10.9 Å². The molecule has 2 aliphatic heterocycles. The van der Waals surface area contributed by atoms with Crippen molar-refractivity contribution < 1.29 is 4.74 Å². The van der Waals surface area contributed by atoms with E-state index in [9.17, 15) is 0 Å². The van der Waals surface area contributed by atoms with Gasteiger partial charge in [-0.2, -0.15) is 0 Å². The van der Waals surface area contributed by atoms with E-state index in [1.165, 1.54) is 29.7 Å². The van der Waals surface area contributed by atoms with Gasteiger partial charge in [0.15, 0.2) is 0 Å². The fourth-order valence-corrected chi connectivity index (χ4v) is 2.71. The Morgan fingerprint density at radius 1 is 1.29 bits per heavy atom. The molecule has 0 bridgehead atoms. The van der Waals surface area contributed by atoms with Gasteiger partial charge in [0.2, 0.25) is 0 Å². The maximum absolute atomic E-state index is 5.64. The second kappa shape index (κ2) is 3.26. The van der Waals surface area contributed by atoms with Crippen LogP contribution in [0, 0.1) is 5.92 Å². The van der Waals surface area contributed by atoms with Crippen LogP contribution in [0.15, 0.2) is 28.0 Å². The van der Waals surface area contributed by atoms with Crippen LogP contribution in [0.3, 0.4) is 0 Å². The minimum atomic E-state index is 0.748. The second-order valence-electron chi connectivity index (χ2n) is 4.20. The second-order valence-corrected chi connectivity index (χ2v) is 4.20. The zero-order chi connectivity index (χ0) is 9.38. The summed E-state index contributed by atoms with van der Waals surface area (Å²) in [6, 6.07) is 0. The van der Waals surface area contributed by atoms with Gasteiger partial charge in [0.05, 0.1) is 12.4 Å². The van der Waals surface area contributed by atoms with E-state index in [1.54, 1.807) is 0 Å². The highest BCUT2D eigenvalue weighted by Crippen LogP contribution is 2.41. The average molecular weight is 189 g/mol. The number of rotatable bonds is 0. The first-order valence-electron chi connectivity index (χ1n) is 5.50. The van der Waals surface area contributed by atoms with Crippen LogP contribution in [0.4, 0.5) is 0 Å². The summed E-state index contributed by atoms with van der Waals surface area (Å²) in [6.07, 6.45) is 8.93. The molecule has 2 nitrogen and oxygen atoms in total. The molecule has 0 amide bonds. The third-order valence-corrected chi connectivity index (χ3v) is 3.44. The minimum Gasteiger partial charge on any atom is -0.497 e. The molecule has 0 radical (unpaired) electrons. The molecular formula is C12H15NO. The molecular weight excluding hydrogens is 174 g/mol. The molecule has 1 aliphatic carbocycles. The van der Waals surface area contributed by atoms with Gasteiger partial charge in [0.1, 0.15) is 0 Å². The minimum absolute atomic E-state index is 0.748. The zero-order valence-corrected chi connectivity index (χ0v) is 8.33. The molecule has 1 atom stereocenters. The predicted octanol–water partition coefficient (Wildman–Crippen LogP) is 2.47. The molecule has 0 fully saturated rings. The largest absolute Gasteiger partial charge is 0.497 e. The van der Waals surface area contributed by atoms with E-state index in [0.29, 0.717) is 0 Å². The summed E-state index contributed by atoms with van der Waals surface area (Å²) in [7, 11) is 0. The summed E-state index contributed by atoms with van der Waals surface area (Å²) in [5.74, 6) is 2.01. The summed E-state index contributed by atoms with van der Waals surface area (Å²) in [5.41, 5.74) is 3.01. The van der Waals surface area contributed by atoms with E-state index in [4.69, 9.17) is 4.74 Å².